The Labute approximate surface area is 188 Å². The third-order valence-electron chi connectivity index (χ3n) is 6.04. The lowest BCUT2D eigenvalue weighted by Crippen LogP contribution is -2.84. The molecule has 1 aromatic carbocycles. The number of benzene rings is 1. The van der Waals surface area contributed by atoms with Gasteiger partial charge in [0.15, 0.2) is 6.61 Å². The van der Waals surface area contributed by atoms with Crippen LogP contribution in [0.5, 0.6) is 5.75 Å². The topological polar surface area (TPSA) is 103 Å². The number of hydrogen-bond donors (Lipinski definition) is 2. The van der Waals surface area contributed by atoms with Crippen molar-refractivity contribution in [2.75, 3.05) is 19.8 Å². The number of aromatic nitrogens is 1. The highest BCUT2D eigenvalue weighted by molar-refractivity contribution is 6.30. The van der Waals surface area contributed by atoms with Crippen molar-refractivity contribution in [3.63, 3.8) is 0 Å². The first-order valence-electron chi connectivity index (χ1n) is 10.3. The molecule has 4 aliphatic rings. The number of ether oxygens (including phenoxy) is 2. The Bertz CT molecular complexity index is 1090. The molecule has 2 N–H and O–H groups in total. The summed E-state index contributed by atoms with van der Waals surface area (Å²) >= 11 is 5.63. The molecule has 1 aromatic heterocycles. The molecule has 0 unspecified atom stereocenters. The Balaban J connectivity index is 1.09. The van der Waals surface area contributed by atoms with Crippen LogP contribution < -0.4 is 15.4 Å². The molecule has 2 amide bonds. The second-order valence-corrected chi connectivity index (χ2v) is 8.95. The molecular formula is C22H21ClFN3O5. The van der Waals surface area contributed by atoms with Crippen LogP contribution in [0.15, 0.2) is 34.9 Å². The quantitative estimate of drug-likeness (QED) is 0.657. The summed E-state index contributed by atoms with van der Waals surface area (Å²) in [6, 6.07) is 4.00. The third-order valence-corrected chi connectivity index (χ3v) is 6.35. The van der Waals surface area contributed by atoms with Gasteiger partial charge in [0, 0.05) is 29.1 Å². The molecule has 10 heteroatoms. The van der Waals surface area contributed by atoms with Crippen LogP contribution in [0.3, 0.4) is 0 Å². The summed E-state index contributed by atoms with van der Waals surface area (Å²) in [7, 11) is 0. The van der Waals surface area contributed by atoms with E-state index in [-0.39, 0.29) is 46.0 Å². The van der Waals surface area contributed by atoms with Gasteiger partial charge in [0.05, 0.1) is 24.4 Å². The Hall–Kier alpha value is -2.91. The number of carbonyl (C=O) groups excluding carboxylic acids is 2. The summed E-state index contributed by atoms with van der Waals surface area (Å²) in [5.41, 5.74) is 0.263. The first-order valence-corrected chi connectivity index (χ1v) is 10.7. The van der Waals surface area contributed by atoms with Crippen molar-refractivity contribution in [3.05, 3.63) is 53.0 Å². The average molecular weight is 462 g/mol. The maximum Gasteiger partial charge on any atom is 0.289 e. The largest absolute Gasteiger partial charge is 0.484 e. The maximum absolute atomic E-state index is 13.4. The molecule has 168 valence electrons. The molecule has 32 heavy (non-hydrogen) atoms. The number of nitrogens with zero attached hydrogens (tertiary/aromatic N) is 1. The van der Waals surface area contributed by atoms with Crippen molar-refractivity contribution in [2.24, 2.45) is 0 Å². The maximum atomic E-state index is 13.4. The first kappa shape index (κ1) is 21.0. The lowest BCUT2D eigenvalue weighted by molar-refractivity contribution is -0.141. The van der Waals surface area contributed by atoms with E-state index in [1.807, 2.05) is 6.08 Å². The van der Waals surface area contributed by atoms with Crippen molar-refractivity contribution in [1.29, 1.82) is 0 Å². The first-order chi connectivity index (χ1) is 15.4. The van der Waals surface area contributed by atoms with Crippen molar-refractivity contribution in [2.45, 2.75) is 36.8 Å². The van der Waals surface area contributed by atoms with E-state index >= 15 is 0 Å². The zero-order valence-corrected chi connectivity index (χ0v) is 17.8. The second-order valence-electron chi connectivity index (χ2n) is 8.54. The third kappa shape index (κ3) is 3.98. The lowest BCUT2D eigenvalue weighted by Gasteiger charge is -2.70. The van der Waals surface area contributed by atoms with Crippen molar-refractivity contribution >= 4 is 29.0 Å². The lowest BCUT2D eigenvalue weighted by atomic mass is 9.44. The van der Waals surface area contributed by atoms with Crippen LogP contribution in [0.1, 0.15) is 42.1 Å². The van der Waals surface area contributed by atoms with Crippen LogP contribution in [-0.4, -0.2) is 47.7 Å². The summed E-state index contributed by atoms with van der Waals surface area (Å²) in [5, 5.41) is 5.95. The number of amides is 2. The summed E-state index contributed by atoms with van der Waals surface area (Å²) in [6.07, 6.45) is 5.94. The Morgan fingerprint density at radius 2 is 2.00 bits per heavy atom. The number of halogens is 2. The van der Waals surface area contributed by atoms with Crippen LogP contribution in [0.4, 0.5) is 4.39 Å². The van der Waals surface area contributed by atoms with Gasteiger partial charge in [-0.25, -0.2) is 9.37 Å². The van der Waals surface area contributed by atoms with Gasteiger partial charge in [-0.2, -0.15) is 0 Å². The van der Waals surface area contributed by atoms with Gasteiger partial charge in [-0.15, -0.1) is 0 Å². The van der Waals surface area contributed by atoms with E-state index in [0.717, 1.165) is 11.6 Å². The van der Waals surface area contributed by atoms with E-state index in [2.05, 4.69) is 15.6 Å². The molecule has 3 saturated carbocycles. The average Bonchev–Trinajstić information content (AvgIpc) is 3.23. The van der Waals surface area contributed by atoms with Crippen LogP contribution in [-0.2, 0) is 9.53 Å². The number of hydrogen-bond acceptors (Lipinski definition) is 6. The predicted octanol–water partition coefficient (Wildman–Crippen LogP) is 2.87. The van der Waals surface area contributed by atoms with E-state index < -0.39 is 5.82 Å². The summed E-state index contributed by atoms with van der Waals surface area (Å²) in [4.78, 5) is 29.0. The molecule has 2 aromatic rings. The Morgan fingerprint density at radius 3 is 2.72 bits per heavy atom. The fourth-order valence-electron chi connectivity index (χ4n) is 4.65. The fraction of sp³-hybridized carbons (Fsp3) is 0.409. The van der Waals surface area contributed by atoms with Gasteiger partial charge in [0.2, 0.25) is 11.7 Å². The fourth-order valence-corrected chi connectivity index (χ4v) is 4.77. The van der Waals surface area contributed by atoms with Gasteiger partial charge in [-0.3, -0.25) is 9.59 Å². The molecule has 6 rings (SSSR count). The number of carbonyl (C=O) groups is 2. The zero-order valence-electron chi connectivity index (χ0n) is 17.1. The highest BCUT2D eigenvalue weighted by atomic mass is 35.5. The van der Waals surface area contributed by atoms with Crippen LogP contribution >= 0.6 is 11.6 Å². The monoisotopic (exact) mass is 461 g/mol. The van der Waals surface area contributed by atoms with Gasteiger partial charge in [0.1, 0.15) is 11.6 Å². The molecule has 1 aliphatic heterocycles. The van der Waals surface area contributed by atoms with Crippen LogP contribution in [0.2, 0.25) is 5.02 Å². The SMILES string of the molecule is O=C(COc1ccc(Cl)c(F)c1)NC12CC(NC(=O)c3cnc(C4=CCOCC4)o3)(C1)C2. The van der Waals surface area contributed by atoms with Crippen LogP contribution in [0, 0.1) is 5.82 Å². The number of nitrogens with one attached hydrogen (secondary N) is 2. The van der Waals surface area contributed by atoms with E-state index in [9.17, 15) is 14.0 Å². The van der Waals surface area contributed by atoms with E-state index in [0.29, 0.717) is 44.8 Å². The van der Waals surface area contributed by atoms with E-state index in [4.69, 9.17) is 25.5 Å². The minimum atomic E-state index is -0.606. The molecule has 3 aliphatic carbocycles. The van der Waals surface area contributed by atoms with Crippen LogP contribution in [0.25, 0.3) is 5.57 Å². The minimum absolute atomic E-state index is 0.00904. The molecule has 2 bridgehead atoms. The van der Waals surface area contributed by atoms with Crippen molar-refractivity contribution in [1.82, 2.24) is 15.6 Å². The van der Waals surface area contributed by atoms with Gasteiger partial charge >= 0.3 is 0 Å². The Morgan fingerprint density at radius 1 is 1.22 bits per heavy atom. The highest BCUT2D eigenvalue weighted by Crippen LogP contribution is 2.60. The van der Waals surface area contributed by atoms with E-state index in [1.165, 1.54) is 18.3 Å². The molecule has 8 nitrogen and oxygen atoms in total. The standard InChI is InChI=1S/C22H21ClFN3O5/c23-15-2-1-14(7-16(15)24)31-9-18(28)26-21-10-22(11-21,12-21)27-19(29)17-8-25-20(32-17)13-3-5-30-6-4-13/h1-3,7-8H,4-6,9-12H2,(H,26,28)(H,27,29). The number of oxazole rings is 1. The van der Waals surface area contributed by atoms with Gasteiger partial charge in [-0.05, 0) is 31.4 Å². The van der Waals surface area contributed by atoms with Gasteiger partial charge in [0.25, 0.3) is 11.8 Å². The molecule has 0 radical (unpaired) electrons. The highest BCUT2D eigenvalue weighted by Gasteiger charge is 2.69. The van der Waals surface area contributed by atoms with Gasteiger partial charge < -0.3 is 24.5 Å². The van der Waals surface area contributed by atoms with Crippen molar-refractivity contribution in [3.8, 4) is 5.75 Å². The molecule has 0 saturated heterocycles. The summed E-state index contributed by atoms with van der Waals surface area (Å²) in [6.45, 7) is 0.885. The molecular weight excluding hydrogens is 441 g/mol. The second kappa shape index (κ2) is 7.90. The normalized spacial score (nSPS) is 25.8. The molecule has 0 atom stereocenters. The smallest absolute Gasteiger partial charge is 0.289 e. The van der Waals surface area contributed by atoms with Gasteiger partial charge in [-0.1, -0.05) is 17.7 Å². The minimum Gasteiger partial charge on any atom is -0.484 e. The molecule has 2 heterocycles. The summed E-state index contributed by atoms with van der Waals surface area (Å²) < 4.78 is 29.7. The summed E-state index contributed by atoms with van der Waals surface area (Å²) in [5.74, 6) is -0.385. The zero-order chi connectivity index (χ0) is 22.3. The molecule has 0 spiro atoms. The predicted molar refractivity (Wildman–Crippen MR) is 112 cm³/mol. The van der Waals surface area contributed by atoms with Crippen molar-refractivity contribution < 1.29 is 27.9 Å². The van der Waals surface area contributed by atoms with E-state index in [1.54, 1.807) is 0 Å². The number of rotatable bonds is 7. The molecule has 3 fully saturated rings. The Kier molecular flexibility index (Phi) is 5.17.